The number of rotatable bonds is 4. The summed E-state index contributed by atoms with van der Waals surface area (Å²) in [4.78, 5) is 25.1. The fraction of sp³-hybridized carbons (Fsp3) is 0.529. The van der Waals surface area contributed by atoms with Gasteiger partial charge in [0, 0.05) is 19.5 Å². The molecule has 21 heavy (non-hydrogen) atoms. The van der Waals surface area contributed by atoms with Crippen LogP contribution in [0.2, 0.25) is 0 Å². The van der Waals surface area contributed by atoms with E-state index < -0.39 is 5.97 Å². The van der Waals surface area contributed by atoms with Gasteiger partial charge in [0.1, 0.15) is 0 Å². The van der Waals surface area contributed by atoms with Crippen molar-refractivity contribution in [3.63, 3.8) is 0 Å². The molecule has 0 aliphatic heterocycles. The molecule has 0 radical (unpaired) electrons. The van der Waals surface area contributed by atoms with Gasteiger partial charge in [0.2, 0.25) is 5.91 Å². The molecule has 4 nitrogen and oxygen atoms in total. The standard InChI is InChI=1S/C17H23NO3/c1-12-4-3-5-13(10-12)11-18(2)16(19)14-6-8-15(9-7-14)17(20)21/h3-5,10,14-15H,6-9,11H2,1-2H3,(H,20,21). The summed E-state index contributed by atoms with van der Waals surface area (Å²) in [5.74, 6) is -0.874. The van der Waals surface area contributed by atoms with Crippen molar-refractivity contribution in [1.29, 1.82) is 0 Å². The topological polar surface area (TPSA) is 57.6 Å². The number of carboxylic acid groups (broad SMARTS) is 1. The summed E-state index contributed by atoms with van der Waals surface area (Å²) < 4.78 is 0. The lowest BCUT2D eigenvalue weighted by atomic mass is 9.81. The number of aryl methyl sites for hydroxylation is 1. The van der Waals surface area contributed by atoms with Gasteiger partial charge < -0.3 is 10.0 Å². The third kappa shape index (κ3) is 4.06. The Bertz CT molecular complexity index is 519. The van der Waals surface area contributed by atoms with E-state index in [-0.39, 0.29) is 17.7 Å². The van der Waals surface area contributed by atoms with E-state index in [1.807, 2.05) is 32.2 Å². The Hall–Kier alpha value is -1.84. The van der Waals surface area contributed by atoms with Gasteiger partial charge in [-0.05, 0) is 38.2 Å². The number of carbonyl (C=O) groups is 2. The van der Waals surface area contributed by atoms with Gasteiger partial charge in [-0.1, -0.05) is 29.8 Å². The van der Waals surface area contributed by atoms with Crippen molar-refractivity contribution in [2.45, 2.75) is 39.2 Å². The lowest BCUT2D eigenvalue weighted by molar-refractivity contribution is -0.145. The lowest BCUT2D eigenvalue weighted by Gasteiger charge is -2.29. The van der Waals surface area contributed by atoms with Crippen molar-refractivity contribution < 1.29 is 14.7 Å². The zero-order valence-corrected chi connectivity index (χ0v) is 12.7. The number of benzene rings is 1. The summed E-state index contributed by atoms with van der Waals surface area (Å²) in [6.07, 6.45) is 2.61. The summed E-state index contributed by atoms with van der Waals surface area (Å²) >= 11 is 0. The van der Waals surface area contributed by atoms with Gasteiger partial charge in [-0.2, -0.15) is 0 Å². The molecule has 0 bridgehead atoms. The Morgan fingerprint density at radius 1 is 1.19 bits per heavy atom. The quantitative estimate of drug-likeness (QED) is 0.927. The Balaban J connectivity index is 1.90. The molecule has 1 saturated carbocycles. The van der Waals surface area contributed by atoms with Crippen molar-refractivity contribution in [1.82, 2.24) is 4.90 Å². The molecule has 1 aromatic rings. The van der Waals surface area contributed by atoms with Crippen LogP contribution in [0.25, 0.3) is 0 Å². The first-order chi connectivity index (χ1) is 9.97. The number of amides is 1. The third-order valence-electron chi connectivity index (χ3n) is 4.30. The maximum Gasteiger partial charge on any atom is 0.306 e. The number of hydrogen-bond acceptors (Lipinski definition) is 2. The average Bonchev–Trinajstić information content (AvgIpc) is 2.46. The molecular weight excluding hydrogens is 266 g/mol. The Morgan fingerprint density at radius 3 is 2.38 bits per heavy atom. The number of hydrogen-bond donors (Lipinski definition) is 1. The molecule has 0 aromatic heterocycles. The first-order valence-electron chi connectivity index (χ1n) is 7.50. The van der Waals surface area contributed by atoms with Crippen molar-refractivity contribution >= 4 is 11.9 Å². The maximum atomic E-state index is 12.4. The van der Waals surface area contributed by atoms with Gasteiger partial charge in [-0.25, -0.2) is 0 Å². The van der Waals surface area contributed by atoms with E-state index in [1.54, 1.807) is 4.90 Å². The first kappa shape index (κ1) is 15.5. The molecular formula is C17H23NO3. The van der Waals surface area contributed by atoms with Gasteiger partial charge in [-0.15, -0.1) is 0 Å². The summed E-state index contributed by atoms with van der Waals surface area (Å²) in [7, 11) is 1.83. The second kappa shape index (κ2) is 6.74. The van der Waals surface area contributed by atoms with Crippen LogP contribution in [0.3, 0.4) is 0 Å². The minimum Gasteiger partial charge on any atom is -0.481 e. The van der Waals surface area contributed by atoms with Crippen LogP contribution in [-0.4, -0.2) is 28.9 Å². The van der Waals surface area contributed by atoms with Crippen LogP contribution in [0, 0.1) is 18.8 Å². The molecule has 0 saturated heterocycles. The van der Waals surface area contributed by atoms with Crippen LogP contribution >= 0.6 is 0 Å². The number of aliphatic carboxylic acids is 1. The molecule has 1 fully saturated rings. The molecule has 1 aliphatic rings. The molecule has 1 amide bonds. The van der Waals surface area contributed by atoms with Crippen LogP contribution in [0.15, 0.2) is 24.3 Å². The molecule has 0 atom stereocenters. The number of nitrogens with zero attached hydrogens (tertiary/aromatic N) is 1. The Morgan fingerprint density at radius 2 is 1.81 bits per heavy atom. The zero-order chi connectivity index (χ0) is 15.4. The molecule has 0 spiro atoms. The largest absolute Gasteiger partial charge is 0.481 e. The minimum atomic E-state index is -0.728. The smallest absolute Gasteiger partial charge is 0.306 e. The van der Waals surface area contributed by atoms with Crippen molar-refractivity contribution in [2.75, 3.05) is 7.05 Å². The van der Waals surface area contributed by atoms with E-state index in [1.165, 1.54) is 5.56 Å². The fourth-order valence-corrected chi connectivity index (χ4v) is 3.06. The highest BCUT2D eigenvalue weighted by molar-refractivity contribution is 5.79. The maximum absolute atomic E-state index is 12.4. The predicted molar refractivity (Wildman–Crippen MR) is 80.7 cm³/mol. The lowest BCUT2D eigenvalue weighted by Crippen LogP contribution is -2.35. The summed E-state index contributed by atoms with van der Waals surface area (Å²) in [6, 6.07) is 8.16. The molecule has 1 N–H and O–H groups in total. The summed E-state index contributed by atoms with van der Waals surface area (Å²) in [6.45, 7) is 2.65. The highest BCUT2D eigenvalue weighted by atomic mass is 16.4. The molecule has 114 valence electrons. The second-order valence-electron chi connectivity index (χ2n) is 6.07. The van der Waals surface area contributed by atoms with Crippen molar-refractivity contribution in [3.05, 3.63) is 35.4 Å². The third-order valence-corrected chi connectivity index (χ3v) is 4.30. The average molecular weight is 289 g/mol. The normalized spacial score (nSPS) is 21.8. The van der Waals surface area contributed by atoms with Crippen molar-refractivity contribution in [3.8, 4) is 0 Å². The van der Waals surface area contributed by atoms with Crippen LogP contribution in [-0.2, 0) is 16.1 Å². The van der Waals surface area contributed by atoms with Gasteiger partial charge >= 0.3 is 5.97 Å². The molecule has 0 heterocycles. The van der Waals surface area contributed by atoms with Crippen LogP contribution < -0.4 is 0 Å². The Labute approximate surface area is 125 Å². The fourth-order valence-electron chi connectivity index (χ4n) is 3.06. The summed E-state index contributed by atoms with van der Waals surface area (Å²) in [5, 5.41) is 9.00. The van der Waals surface area contributed by atoms with Gasteiger partial charge in [0.15, 0.2) is 0 Å². The molecule has 1 aromatic carbocycles. The van der Waals surface area contributed by atoms with E-state index in [0.717, 1.165) is 5.56 Å². The SMILES string of the molecule is Cc1cccc(CN(C)C(=O)C2CCC(C(=O)O)CC2)c1. The Kier molecular flexibility index (Phi) is 4.99. The summed E-state index contributed by atoms with van der Waals surface area (Å²) in [5.41, 5.74) is 2.32. The van der Waals surface area contributed by atoms with Gasteiger partial charge in [-0.3, -0.25) is 9.59 Å². The van der Waals surface area contributed by atoms with Crippen LogP contribution in [0.1, 0.15) is 36.8 Å². The van der Waals surface area contributed by atoms with E-state index in [2.05, 4.69) is 6.07 Å². The van der Waals surface area contributed by atoms with Crippen molar-refractivity contribution in [2.24, 2.45) is 11.8 Å². The predicted octanol–water partition coefficient (Wildman–Crippen LogP) is 2.84. The number of carboxylic acids is 1. The van der Waals surface area contributed by atoms with E-state index >= 15 is 0 Å². The molecule has 4 heteroatoms. The first-order valence-corrected chi connectivity index (χ1v) is 7.50. The van der Waals surface area contributed by atoms with Gasteiger partial charge in [0.25, 0.3) is 0 Å². The van der Waals surface area contributed by atoms with Gasteiger partial charge in [0.05, 0.1) is 5.92 Å². The zero-order valence-electron chi connectivity index (χ0n) is 12.7. The molecule has 0 unspecified atom stereocenters. The minimum absolute atomic E-state index is 0.0181. The van der Waals surface area contributed by atoms with Crippen LogP contribution in [0.4, 0.5) is 0 Å². The molecule has 2 rings (SSSR count). The monoisotopic (exact) mass is 289 g/mol. The second-order valence-corrected chi connectivity index (χ2v) is 6.07. The molecule has 1 aliphatic carbocycles. The van der Waals surface area contributed by atoms with Crippen LogP contribution in [0.5, 0.6) is 0 Å². The highest BCUT2D eigenvalue weighted by Gasteiger charge is 2.31. The van der Waals surface area contributed by atoms with E-state index in [0.29, 0.717) is 32.2 Å². The van der Waals surface area contributed by atoms with E-state index in [4.69, 9.17) is 5.11 Å². The van der Waals surface area contributed by atoms with E-state index in [9.17, 15) is 9.59 Å². The highest BCUT2D eigenvalue weighted by Crippen LogP contribution is 2.30. The number of carbonyl (C=O) groups excluding carboxylic acids is 1.